The number of allylic oxidation sites excluding steroid dienone is 3. The van der Waals surface area contributed by atoms with Crippen LogP contribution in [-0.2, 0) is 14.3 Å². The van der Waals surface area contributed by atoms with Crippen molar-refractivity contribution in [2.24, 2.45) is 0 Å². The van der Waals surface area contributed by atoms with Crippen LogP contribution in [0.25, 0.3) is 0 Å². The standard InChI is InChI=1S/C32H37NO5S/c1-19-29(32(35)38-23-8-6-5-7-9-23)30(20-10-13-24(39-4)14-11-20)31-25(33-19)16-22(17-26(31)34)21-12-15-27(36-2)28(18-21)37-3/h10-15,18,22-23,30,33H,5-9,16-17H2,1-4H3/t22-,30-/m1/s1. The molecule has 1 heterocycles. The molecule has 0 aromatic heterocycles. The lowest BCUT2D eigenvalue weighted by Gasteiger charge is -2.37. The van der Waals surface area contributed by atoms with Crippen molar-refractivity contribution in [3.63, 3.8) is 0 Å². The van der Waals surface area contributed by atoms with E-state index >= 15 is 0 Å². The van der Waals surface area contributed by atoms with Crippen LogP contribution in [0.4, 0.5) is 0 Å². The second-order valence-corrected chi connectivity index (χ2v) is 11.4. The number of carbonyl (C=O) groups excluding carboxylic acids is 2. The number of thioether (sulfide) groups is 1. The Bertz CT molecular complexity index is 1310. The molecule has 1 N–H and O–H groups in total. The molecular weight excluding hydrogens is 510 g/mol. The van der Waals surface area contributed by atoms with E-state index in [0.29, 0.717) is 35.5 Å². The number of esters is 1. The van der Waals surface area contributed by atoms with Gasteiger partial charge in [0, 0.05) is 34.2 Å². The van der Waals surface area contributed by atoms with Gasteiger partial charge in [-0.05, 0) is 86.6 Å². The molecule has 0 amide bonds. The molecule has 2 aromatic rings. The molecule has 5 rings (SSSR count). The normalized spacial score (nSPS) is 21.8. The van der Waals surface area contributed by atoms with Gasteiger partial charge in [0.25, 0.3) is 0 Å². The SMILES string of the molecule is COc1ccc([C@H]2CC(=O)C3=C(C2)NC(C)=C(C(=O)OC2CCCCC2)[C@H]3c2ccc(SC)cc2)cc1OC. The highest BCUT2D eigenvalue weighted by Gasteiger charge is 2.42. The summed E-state index contributed by atoms with van der Waals surface area (Å²) in [7, 11) is 3.23. The van der Waals surface area contributed by atoms with Crippen molar-refractivity contribution in [3.8, 4) is 11.5 Å². The Morgan fingerprint density at radius 1 is 0.923 bits per heavy atom. The van der Waals surface area contributed by atoms with Crippen molar-refractivity contribution in [2.45, 2.75) is 74.7 Å². The third-order valence-corrected chi connectivity index (χ3v) is 8.95. The predicted octanol–water partition coefficient (Wildman–Crippen LogP) is 6.66. The number of rotatable bonds is 7. The van der Waals surface area contributed by atoms with Crippen LogP contribution < -0.4 is 14.8 Å². The van der Waals surface area contributed by atoms with E-state index < -0.39 is 5.92 Å². The Morgan fingerprint density at radius 3 is 2.28 bits per heavy atom. The molecule has 2 aromatic carbocycles. The van der Waals surface area contributed by atoms with Crippen LogP contribution in [0.3, 0.4) is 0 Å². The number of benzene rings is 2. The maximum atomic E-state index is 13.9. The molecule has 0 saturated heterocycles. The van der Waals surface area contributed by atoms with Gasteiger partial charge in [-0.1, -0.05) is 24.6 Å². The molecule has 7 heteroatoms. The molecule has 0 radical (unpaired) electrons. The number of nitrogens with one attached hydrogen (secondary N) is 1. The number of hydrogen-bond acceptors (Lipinski definition) is 7. The molecule has 2 aliphatic carbocycles. The molecule has 206 valence electrons. The molecule has 1 saturated carbocycles. The average Bonchev–Trinajstić information content (AvgIpc) is 2.96. The zero-order valence-corrected chi connectivity index (χ0v) is 24.0. The minimum absolute atomic E-state index is 0.00776. The first-order chi connectivity index (χ1) is 18.9. The molecule has 1 aliphatic heterocycles. The van der Waals surface area contributed by atoms with Crippen molar-refractivity contribution in [3.05, 3.63) is 76.1 Å². The first-order valence-electron chi connectivity index (χ1n) is 13.7. The topological polar surface area (TPSA) is 73.9 Å². The lowest BCUT2D eigenvalue weighted by molar-refractivity contribution is -0.146. The van der Waals surface area contributed by atoms with E-state index in [1.807, 2.05) is 43.5 Å². The molecule has 3 aliphatic rings. The molecule has 0 spiro atoms. The number of hydrogen-bond donors (Lipinski definition) is 1. The van der Waals surface area contributed by atoms with Gasteiger partial charge in [-0.3, -0.25) is 4.79 Å². The van der Waals surface area contributed by atoms with Gasteiger partial charge in [0.1, 0.15) is 6.10 Å². The maximum absolute atomic E-state index is 13.9. The summed E-state index contributed by atoms with van der Waals surface area (Å²) in [5, 5.41) is 3.47. The molecular formula is C32H37NO5S. The summed E-state index contributed by atoms with van der Waals surface area (Å²) in [6.45, 7) is 1.93. The van der Waals surface area contributed by atoms with Crippen molar-refractivity contribution >= 4 is 23.5 Å². The van der Waals surface area contributed by atoms with E-state index in [2.05, 4.69) is 17.4 Å². The Labute approximate surface area is 235 Å². The summed E-state index contributed by atoms with van der Waals surface area (Å²) in [4.78, 5) is 28.8. The van der Waals surface area contributed by atoms with E-state index in [1.54, 1.807) is 26.0 Å². The van der Waals surface area contributed by atoms with Gasteiger partial charge in [-0.2, -0.15) is 0 Å². The van der Waals surface area contributed by atoms with Gasteiger partial charge in [0.05, 0.1) is 19.8 Å². The lowest BCUT2D eigenvalue weighted by atomic mass is 9.71. The molecule has 1 fully saturated rings. The van der Waals surface area contributed by atoms with Gasteiger partial charge in [-0.15, -0.1) is 11.8 Å². The fourth-order valence-electron chi connectivity index (χ4n) is 6.18. The summed E-state index contributed by atoms with van der Waals surface area (Å²) in [5.41, 5.74) is 4.85. The smallest absolute Gasteiger partial charge is 0.337 e. The van der Waals surface area contributed by atoms with E-state index in [1.165, 1.54) is 6.42 Å². The van der Waals surface area contributed by atoms with Gasteiger partial charge in [-0.25, -0.2) is 4.79 Å². The van der Waals surface area contributed by atoms with Crippen LogP contribution in [-0.4, -0.2) is 38.3 Å². The summed E-state index contributed by atoms with van der Waals surface area (Å²) in [6, 6.07) is 14.0. The number of ketones is 1. The van der Waals surface area contributed by atoms with Crippen LogP contribution in [0, 0.1) is 0 Å². The average molecular weight is 548 g/mol. The zero-order chi connectivity index (χ0) is 27.5. The number of ether oxygens (including phenoxy) is 3. The van der Waals surface area contributed by atoms with E-state index in [0.717, 1.165) is 53.1 Å². The van der Waals surface area contributed by atoms with E-state index in [-0.39, 0.29) is 23.8 Å². The van der Waals surface area contributed by atoms with E-state index in [9.17, 15) is 9.59 Å². The predicted molar refractivity (Wildman–Crippen MR) is 153 cm³/mol. The Kier molecular flexibility index (Phi) is 8.36. The highest BCUT2D eigenvalue weighted by atomic mass is 32.2. The lowest BCUT2D eigenvalue weighted by Crippen LogP contribution is -2.37. The molecule has 6 nitrogen and oxygen atoms in total. The van der Waals surface area contributed by atoms with E-state index in [4.69, 9.17) is 14.2 Å². The highest BCUT2D eigenvalue weighted by molar-refractivity contribution is 7.98. The first-order valence-corrected chi connectivity index (χ1v) is 15.0. The molecule has 0 unspecified atom stereocenters. The minimum Gasteiger partial charge on any atom is -0.493 e. The summed E-state index contributed by atoms with van der Waals surface area (Å²) in [6.07, 6.45) is 8.16. The van der Waals surface area contributed by atoms with Crippen LogP contribution >= 0.6 is 11.8 Å². The van der Waals surface area contributed by atoms with Crippen LogP contribution in [0.15, 0.2) is 69.9 Å². The third-order valence-electron chi connectivity index (χ3n) is 8.20. The van der Waals surface area contributed by atoms with Crippen LogP contribution in [0.1, 0.15) is 74.8 Å². The van der Waals surface area contributed by atoms with Gasteiger partial charge in [0.2, 0.25) is 0 Å². The van der Waals surface area contributed by atoms with Gasteiger partial charge >= 0.3 is 5.97 Å². The minimum atomic E-state index is -0.452. The number of Topliss-reactive ketones (excluding diaryl/α,β-unsaturated/α-hetero) is 1. The first kappa shape index (κ1) is 27.4. The van der Waals surface area contributed by atoms with Crippen molar-refractivity contribution in [1.82, 2.24) is 5.32 Å². The molecule has 39 heavy (non-hydrogen) atoms. The third kappa shape index (κ3) is 5.60. The van der Waals surface area contributed by atoms with Crippen LogP contribution in [0.2, 0.25) is 0 Å². The maximum Gasteiger partial charge on any atom is 0.337 e. The summed E-state index contributed by atoms with van der Waals surface area (Å²) in [5.74, 6) is 0.589. The zero-order valence-electron chi connectivity index (χ0n) is 23.2. The Morgan fingerprint density at radius 2 is 1.62 bits per heavy atom. The Hall–Kier alpha value is -3.19. The Balaban J connectivity index is 1.51. The van der Waals surface area contributed by atoms with Gasteiger partial charge < -0.3 is 19.5 Å². The second-order valence-electron chi connectivity index (χ2n) is 10.6. The van der Waals surface area contributed by atoms with Crippen molar-refractivity contribution < 1.29 is 23.8 Å². The highest BCUT2D eigenvalue weighted by Crippen LogP contribution is 2.47. The number of carbonyl (C=O) groups is 2. The molecule has 0 bridgehead atoms. The van der Waals surface area contributed by atoms with Crippen LogP contribution in [0.5, 0.6) is 11.5 Å². The van der Waals surface area contributed by atoms with Gasteiger partial charge in [0.15, 0.2) is 17.3 Å². The number of methoxy groups -OCH3 is 2. The summed E-state index contributed by atoms with van der Waals surface area (Å²) >= 11 is 1.67. The fourth-order valence-corrected chi connectivity index (χ4v) is 6.59. The fraction of sp³-hybridized carbons (Fsp3) is 0.438. The monoisotopic (exact) mass is 547 g/mol. The van der Waals surface area contributed by atoms with Crippen molar-refractivity contribution in [1.29, 1.82) is 0 Å². The quantitative estimate of drug-likeness (QED) is 0.307. The second kappa shape index (κ2) is 11.9. The largest absolute Gasteiger partial charge is 0.493 e. The number of dihydropyridines is 1. The van der Waals surface area contributed by atoms with Crippen molar-refractivity contribution in [2.75, 3.05) is 20.5 Å². The molecule has 2 atom stereocenters. The summed E-state index contributed by atoms with van der Waals surface area (Å²) < 4.78 is 17.0.